The Morgan fingerprint density at radius 3 is 2.73 bits per heavy atom. The molecule has 0 aliphatic carbocycles. The summed E-state index contributed by atoms with van der Waals surface area (Å²) in [6.45, 7) is -0.230. The Balaban J connectivity index is 2.19. The summed E-state index contributed by atoms with van der Waals surface area (Å²) in [6.07, 6.45) is 1.47. The van der Waals surface area contributed by atoms with E-state index in [0.717, 1.165) is 5.56 Å². The molecule has 0 unspecified atom stereocenters. The molecule has 0 saturated heterocycles. The van der Waals surface area contributed by atoms with Gasteiger partial charge in [0, 0.05) is 11.8 Å². The van der Waals surface area contributed by atoms with Crippen LogP contribution in [0.25, 0.3) is 22.6 Å². The van der Waals surface area contributed by atoms with E-state index in [9.17, 15) is 4.79 Å². The van der Waals surface area contributed by atoms with Crippen molar-refractivity contribution in [3.8, 4) is 17.1 Å². The number of hydrogen-bond donors (Lipinski definition) is 1. The number of carboxylic acid groups (broad SMARTS) is 1. The van der Waals surface area contributed by atoms with E-state index in [1.54, 1.807) is 29.9 Å². The van der Waals surface area contributed by atoms with Gasteiger partial charge in [-0.25, -0.2) is 9.97 Å². The highest BCUT2D eigenvalue weighted by molar-refractivity contribution is 6.31. The zero-order valence-corrected chi connectivity index (χ0v) is 12.4. The van der Waals surface area contributed by atoms with Crippen molar-refractivity contribution in [3.63, 3.8) is 0 Å². The topological polar surface area (TPSA) is 77.2 Å². The average Bonchev–Trinajstić information content (AvgIpc) is 2.84. The number of fused-ring (bicyclic) bond motifs is 1. The fraction of sp³-hybridized carbons (Fsp3) is 0.133. The van der Waals surface area contributed by atoms with E-state index in [4.69, 9.17) is 21.4 Å². The molecule has 1 N–H and O–H groups in total. The molecule has 3 rings (SSSR count). The summed E-state index contributed by atoms with van der Waals surface area (Å²) in [4.78, 5) is 19.8. The summed E-state index contributed by atoms with van der Waals surface area (Å²) in [7, 11) is 1.58. The molecular weight excluding hydrogens is 306 g/mol. The van der Waals surface area contributed by atoms with Crippen molar-refractivity contribution >= 4 is 28.7 Å². The van der Waals surface area contributed by atoms with Crippen molar-refractivity contribution < 1.29 is 14.6 Å². The fourth-order valence-corrected chi connectivity index (χ4v) is 2.38. The number of pyridine rings is 1. The van der Waals surface area contributed by atoms with Gasteiger partial charge in [0.25, 0.3) is 0 Å². The maximum Gasteiger partial charge on any atom is 0.323 e. The predicted octanol–water partition coefficient (Wildman–Crippen LogP) is 2.84. The van der Waals surface area contributed by atoms with E-state index in [1.807, 2.05) is 12.1 Å². The van der Waals surface area contributed by atoms with Gasteiger partial charge in [0.05, 0.1) is 12.1 Å². The van der Waals surface area contributed by atoms with Crippen molar-refractivity contribution in [3.05, 3.63) is 41.6 Å². The third kappa shape index (κ3) is 2.60. The number of carboxylic acids is 1. The van der Waals surface area contributed by atoms with Crippen molar-refractivity contribution in [1.29, 1.82) is 0 Å². The first-order valence-corrected chi connectivity index (χ1v) is 6.84. The number of halogens is 1. The van der Waals surface area contributed by atoms with Crippen LogP contribution < -0.4 is 4.74 Å². The number of benzene rings is 1. The zero-order chi connectivity index (χ0) is 15.7. The zero-order valence-electron chi connectivity index (χ0n) is 11.7. The van der Waals surface area contributed by atoms with E-state index in [2.05, 4.69) is 9.97 Å². The highest BCUT2D eigenvalue weighted by atomic mass is 35.5. The van der Waals surface area contributed by atoms with Gasteiger partial charge in [-0.2, -0.15) is 0 Å². The Labute approximate surface area is 130 Å². The second kappa shape index (κ2) is 5.65. The third-order valence-electron chi connectivity index (χ3n) is 3.19. The quantitative estimate of drug-likeness (QED) is 0.800. The molecular formula is C15H12ClN3O3. The highest BCUT2D eigenvalue weighted by Crippen LogP contribution is 2.26. The first kappa shape index (κ1) is 14.3. The lowest BCUT2D eigenvalue weighted by Gasteiger charge is -2.06. The van der Waals surface area contributed by atoms with Crippen LogP contribution in [0.15, 0.2) is 36.5 Å². The van der Waals surface area contributed by atoms with Gasteiger partial charge < -0.3 is 9.84 Å². The predicted molar refractivity (Wildman–Crippen MR) is 82.2 cm³/mol. The molecule has 0 saturated carbocycles. The molecule has 0 aliphatic rings. The standard InChI is InChI=1S/C15H12ClN3O3/c1-22-11-4-2-9(3-5-11)14-18-12-6-10(16)7-17-15(12)19(14)8-13(20)21/h2-7H,8H2,1H3,(H,20,21). The smallest absolute Gasteiger partial charge is 0.323 e. The summed E-state index contributed by atoms with van der Waals surface area (Å²) in [5.41, 5.74) is 1.81. The second-order valence-corrected chi connectivity index (χ2v) is 5.08. The molecule has 0 aliphatic heterocycles. The van der Waals surface area contributed by atoms with Gasteiger partial charge in [-0.3, -0.25) is 9.36 Å². The van der Waals surface area contributed by atoms with Crippen LogP contribution in [-0.2, 0) is 11.3 Å². The first-order chi connectivity index (χ1) is 10.6. The Kier molecular flexibility index (Phi) is 3.68. The van der Waals surface area contributed by atoms with Crippen LogP contribution in [0, 0.1) is 0 Å². The summed E-state index contributed by atoms with van der Waals surface area (Å²) in [5.74, 6) is 0.270. The maximum absolute atomic E-state index is 11.1. The average molecular weight is 318 g/mol. The minimum absolute atomic E-state index is 0.230. The number of methoxy groups -OCH3 is 1. The Bertz CT molecular complexity index is 843. The van der Waals surface area contributed by atoms with Gasteiger partial charge in [0.15, 0.2) is 5.65 Å². The van der Waals surface area contributed by atoms with Crippen LogP contribution in [-0.4, -0.2) is 32.7 Å². The minimum Gasteiger partial charge on any atom is -0.497 e. The van der Waals surface area contributed by atoms with Gasteiger partial charge in [-0.1, -0.05) is 11.6 Å². The number of carbonyl (C=O) groups is 1. The van der Waals surface area contributed by atoms with Crippen LogP contribution >= 0.6 is 11.6 Å². The molecule has 0 fully saturated rings. The Morgan fingerprint density at radius 1 is 1.36 bits per heavy atom. The van der Waals surface area contributed by atoms with Gasteiger partial charge in [0.2, 0.25) is 0 Å². The fourth-order valence-electron chi connectivity index (χ4n) is 2.23. The monoisotopic (exact) mass is 317 g/mol. The van der Waals surface area contributed by atoms with Gasteiger partial charge >= 0.3 is 5.97 Å². The summed E-state index contributed by atoms with van der Waals surface area (Å²) in [6, 6.07) is 8.88. The van der Waals surface area contributed by atoms with Crippen molar-refractivity contribution in [2.75, 3.05) is 7.11 Å². The SMILES string of the molecule is COc1ccc(-c2nc3cc(Cl)cnc3n2CC(=O)O)cc1. The summed E-state index contributed by atoms with van der Waals surface area (Å²) >= 11 is 5.93. The lowest BCUT2D eigenvalue weighted by Crippen LogP contribution is -2.10. The largest absolute Gasteiger partial charge is 0.497 e. The molecule has 1 aromatic carbocycles. The molecule has 0 radical (unpaired) electrons. The molecule has 0 bridgehead atoms. The van der Waals surface area contributed by atoms with E-state index < -0.39 is 5.97 Å². The number of ether oxygens (including phenoxy) is 1. The van der Waals surface area contributed by atoms with Gasteiger partial charge in [0.1, 0.15) is 23.6 Å². The number of aromatic nitrogens is 3. The van der Waals surface area contributed by atoms with Crippen LogP contribution in [0.2, 0.25) is 5.02 Å². The first-order valence-electron chi connectivity index (χ1n) is 6.46. The molecule has 0 amide bonds. The molecule has 0 atom stereocenters. The van der Waals surface area contributed by atoms with Crippen LogP contribution in [0.4, 0.5) is 0 Å². The molecule has 2 heterocycles. The van der Waals surface area contributed by atoms with Crippen LogP contribution in [0.3, 0.4) is 0 Å². The number of imidazole rings is 1. The van der Waals surface area contributed by atoms with Crippen LogP contribution in [0.1, 0.15) is 0 Å². The normalized spacial score (nSPS) is 10.8. The molecule has 0 spiro atoms. The number of hydrogen-bond acceptors (Lipinski definition) is 4. The van der Waals surface area contributed by atoms with Gasteiger partial charge in [-0.15, -0.1) is 0 Å². The Morgan fingerprint density at radius 2 is 2.09 bits per heavy atom. The van der Waals surface area contributed by atoms with Crippen molar-refractivity contribution in [1.82, 2.24) is 14.5 Å². The van der Waals surface area contributed by atoms with Crippen molar-refractivity contribution in [2.45, 2.75) is 6.54 Å². The second-order valence-electron chi connectivity index (χ2n) is 4.64. The van der Waals surface area contributed by atoms with E-state index in [1.165, 1.54) is 6.20 Å². The van der Waals surface area contributed by atoms with E-state index >= 15 is 0 Å². The maximum atomic E-state index is 11.1. The molecule has 3 aromatic rings. The van der Waals surface area contributed by atoms with E-state index in [-0.39, 0.29) is 6.54 Å². The molecule has 6 nitrogen and oxygen atoms in total. The van der Waals surface area contributed by atoms with Gasteiger partial charge in [-0.05, 0) is 30.3 Å². The molecule has 2 aromatic heterocycles. The number of aliphatic carboxylic acids is 1. The number of nitrogens with zero attached hydrogens (tertiary/aromatic N) is 3. The third-order valence-corrected chi connectivity index (χ3v) is 3.40. The number of rotatable bonds is 4. The molecule has 112 valence electrons. The summed E-state index contributed by atoms with van der Waals surface area (Å²) in [5, 5.41) is 9.58. The summed E-state index contributed by atoms with van der Waals surface area (Å²) < 4.78 is 6.67. The van der Waals surface area contributed by atoms with Crippen LogP contribution in [0.5, 0.6) is 5.75 Å². The lowest BCUT2D eigenvalue weighted by atomic mass is 10.2. The van der Waals surface area contributed by atoms with Crippen molar-refractivity contribution in [2.24, 2.45) is 0 Å². The molecule has 7 heteroatoms. The molecule has 22 heavy (non-hydrogen) atoms. The highest BCUT2D eigenvalue weighted by Gasteiger charge is 2.16. The van der Waals surface area contributed by atoms with E-state index in [0.29, 0.717) is 27.8 Å². The minimum atomic E-state index is -0.967. The Hall–Kier alpha value is -2.60. The lowest BCUT2D eigenvalue weighted by molar-refractivity contribution is -0.137.